The topological polar surface area (TPSA) is 33.7 Å². The van der Waals surface area contributed by atoms with Crippen molar-refractivity contribution in [3.8, 4) is 0 Å². The van der Waals surface area contributed by atoms with Gasteiger partial charge in [-0.2, -0.15) is 0 Å². The Balaban J connectivity index is 1.96. The van der Waals surface area contributed by atoms with E-state index in [1.54, 1.807) is 0 Å². The predicted octanol–water partition coefficient (Wildman–Crippen LogP) is 1.50. The second-order valence-electron chi connectivity index (χ2n) is 6.65. The minimum Gasteiger partial charge on any atom is -0.384 e. The standard InChI is InChI=1S/C15H30N2O2/c1-14(19-3)5-4-10-17(11-14)12-15(13-18-2)6-8-16-9-7-15/h16H,4-13H2,1-3H3. The summed E-state index contributed by atoms with van der Waals surface area (Å²) in [4.78, 5) is 2.59. The summed E-state index contributed by atoms with van der Waals surface area (Å²) in [5, 5.41) is 3.46. The zero-order chi connectivity index (χ0) is 13.8. The van der Waals surface area contributed by atoms with Crippen LogP contribution in [0, 0.1) is 5.41 Å². The number of nitrogens with one attached hydrogen (secondary N) is 1. The van der Waals surface area contributed by atoms with Gasteiger partial charge in [0.1, 0.15) is 0 Å². The van der Waals surface area contributed by atoms with Crippen molar-refractivity contribution < 1.29 is 9.47 Å². The van der Waals surface area contributed by atoms with Gasteiger partial charge < -0.3 is 14.8 Å². The van der Waals surface area contributed by atoms with Crippen LogP contribution in [0.3, 0.4) is 0 Å². The number of ether oxygens (including phenoxy) is 2. The van der Waals surface area contributed by atoms with Crippen molar-refractivity contribution in [3.63, 3.8) is 0 Å². The van der Waals surface area contributed by atoms with Crippen molar-refractivity contribution >= 4 is 0 Å². The lowest BCUT2D eigenvalue weighted by Gasteiger charge is -2.45. The van der Waals surface area contributed by atoms with Crippen molar-refractivity contribution in [1.82, 2.24) is 10.2 Å². The van der Waals surface area contributed by atoms with Gasteiger partial charge in [0.05, 0.1) is 12.2 Å². The molecular formula is C15H30N2O2. The summed E-state index contributed by atoms with van der Waals surface area (Å²) in [5.74, 6) is 0. The van der Waals surface area contributed by atoms with Crippen LogP contribution in [0.1, 0.15) is 32.6 Å². The highest BCUT2D eigenvalue weighted by atomic mass is 16.5. The molecule has 2 aliphatic heterocycles. The smallest absolute Gasteiger partial charge is 0.0777 e. The first kappa shape index (κ1) is 15.2. The van der Waals surface area contributed by atoms with E-state index in [-0.39, 0.29) is 5.60 Å². The Labute approximate surface area is 117 Å². The number of methoxy groups -OCH3 is 2. The fraction of sp³-hybridized carbons (Fsp3) is 1.00. The molecule has 0 aromatic heterocycles. The molecule has 0 bridgehead atoms. The maximum atomic E-state index is 5.71. The largest absolute Gasteiger partial charge is 0.384 e. The molecule has 2 fully saturated rings. The quantitative estimate of drug-likeness (QED) is 0.821. The third kappa shape index (κ3) is 3.91. The molecule has 4 heteroatoms. The molecule has 0 aromatic rings. The Morgan fingerprint density at radius 3 is 2.53 bits per heavy atom. The van der Waals surface area contributed by atoms with E-state index in [0.29, 0.717) is 5.41 Å². The van der Waals surface area contributed by atoms with E-state index in [2.05, 4.69) is 17.1 Å². The van der Waals surface area contributed by atoms with Crippen LogP contribution >= 0.6 is 0 Å². The zero-order valence-corrected chi connectivity index (χ0v) is 12.8. The normalized spacial score (nSPS) is 32.4. The molecule has 4 nitrogen and oxygen atoms in total. The average molecular weight is 270 g/mol. The minimum atomic E-state index is 0.0411. The molecule has 19 heavy (non-hydrogen) atoms. The number of nitrogens with zero attached hydrogens (tertiary/aromatic N) is 1. The number of likely N-dealkylation sites (tertiary alicyclic amines) is 1. The Morgan fingerprint density at radius 1 is 1.16 bits per heavy atom. The van der Waals surface area contributed by atoms with Gasteiger partial charge in [0.25, 0.3) is 0 Å². The molecule has 0 aliphatic carbocycles. The predicted molar refractivity (Wildman–Crippen MR) is 77.5 cm³/mol. The molecule has 1 unspecified atom stereocenters. The van der Waals surface area contributed by atoms with Crippen LogP contribution in [-0.2, 0) is 9.47 Å². The van der Waals surface area contributed by atoms with Crippen LogP contribution in [-0.4, -0.2) is 64.1 Å². The van der Waals surface area contributed by atoms with Gasteiger partial charge in [-0.15, -0.1) is 0 Å². The second kappa shape index (κ2) is 6.53. The maximum Gasteiger partial charge on any atom is 0.0777 e. The van der Waals surface area contributed by atoms with Gasteiger partial charge in [0.2, 0.25) is 0 Å². The van der Waals surface area contributed by atoms with E-state index in [9.17, 15) is 0 Å². The molecule has 2 saturated heterocycles. The number of piperidine rings is 2. The maximum absolute atomic E-state index is 5.71. The molecule has 2 aliphatic rings. The Kier molecular flexibility index (Phi) is 5.23. The third-order valence-corrected chi connectivity index (χ3v) is 4.90. The molecular weight excluding hydrogens is 240 g/mol. The van der Waals surface area contributed by atoms with Gasteiger partial charge in [-0.3, -0.25) is 4.90 Å². The van der Waals surface area contributed by atoms with Gasteiger partial charge in [-0.05, 0) is 52.2 Å². The highest BCUT2D eigenvalue weighted by Crippen LogP contribution is 2.33. The Bertz CT molecular complexity index is 274. The lowest BCUT2D eigenvalue weighted by atomic mass is 9.78. The fourth-order valence-corrected chi connectivity index (χ4v) is 3.70. The van der Waals surface area contributed by atoms with Crippen LogP contribution in [0.25, 0.3) is 0 Å². The van der Waals surface area contributed by atoms with Gasteiger partial charge in [0.15, 0.2) is 0 Å². The monoisotopic (exact) mass is 270 g/mol. The second-order valence-corrected chi connectivity index (χ2v) is 6.65. The highest BCUT2D eigenvalue weighted by Gasteiger charge is 2.38. The van der Waals surface area contributed by atoms with E-state index in [1.165, 1.54) is 32.2 Å². The van der Waals surface area contributed by atoms with Crippen LogP contribution in [0.4, 0.5) is 0 Å². The molecule has 0 saturated carbocycles. The minimum absolute atomic E-state index is 0.0411. The SMILES string of the molecule is COCC1(CN2CCCC(C)(OC)C2)CCNCC1. The zero-order valence-electron chi connectivity index (χ0n) is 12.8. The van der Waals surface area contributed by atoms with Crippen LogP contribution in [0.2, 0.25) is 0 Å². The molecule has 0 radical (unpaired) electrons. The number of rotatable bonds is 5. The van der Waals surface area contributed by atoms with E-state index in [0.717, 1.165) is 32.8 Å². The molecule has 1 atom stereocenters. The highest BCUT2D eigenvalue weighted by molar-refractivity contribution is 4.91. The molecule has 1 N–H and O–H groups in total. The van der Waals surface area contributed by atoms with Gasteiger partial charge >= 0.3 is 0 Å². The van der Waals surface area contributed by atoms with Gasteiger partial charge in [-0.25, -0.2) is 0 Å². The van der Waals surface area contributed by atoms with Crippen molar-refractivity contribution in [2.24, 2.45) is 5.41 Å². The Morgan fingerprint density at radius 2 is 1.89 bits per heavy atom. The first-order valence-corrected chi connectivity index (χ1v) is 7.59. The number of hydrogen-bond acceptors (Lipinski definition) is 4. The van der Waals surface area contributed by atoms with E-state index in [4.69, 9.17) is 9.47 Å². The molecule has 0 amide bonds. The summed E-state index contributed by atoms with van der Waals surface area (Å²) >= 11 is 0. The van der Waals surface area contributed by atoms with Gasteiger partial charge in [-0.1, -0.05) is 0 Å². The summed E-state index contributed by atoms with van der Waals surface area (Å²) in [6.07, 6.45) is 4.87. The summed E-state index contributed by atoms with van der Waals surface area (Å²) < 4.78 is 11.2. The van der Waals surface area contributed by atoms with Crippen molar-refractivity contribution in [1.29, 1.82) is 0 Å². The molecule has 112 valence electrons. The summed E-state index contributed by atoms with van der Waals surface area (Å²) in [6, 6.07) is 0. The van der Waals surface area contributed by atoms with E-state index >= 15 is 0 Å². The number of hydrogen-bond donors (Lipinski definition) is 1. The summed E-state index contributed by atoms with van der Waals surface area (Å²) in [6.45, 7) is 8.79. The molecule has 0 spiro atoms. The Hall–Kier alpha value is -0.160. The lowest BCUT2D eigenvalue weighted by Crippen LogP contribution is -2.53. The van der Waals surface area contributed by atoms with Crippen molar-refractivity contribution in [2.45, 2.75) is 38.2 Å². The third-order valence-electron chi connectivity index (χ3n) is 4.90. The first-order valence-electron chi connectivity index (χ1n) is 7.59. The molecule has 0 aromatic carbocycles. The summed E-state index contributed by atoms with van der Waals surface area (Å²) in [7, 11) is 3.68. The fourth-order valence-electron chi connectivity index (χ4n) is 3.70. The van der Waals surface area contributed by atoms with Gasteiger partial charge in [0, 0.05) is 32.7 Å². The summed E-state index contributed by atoms with van der Waals surface area (Å²) in [5.41, 5.74) is 0.380. The molecule has 2 heterocycles. The van der Waals surface area contributed by atoms with Crippen LogP contribution < -0.4 is 5.32 Å². The van der Waals surface area contributed by atoms with Crippen LogP contribution in [0.5, 0.6) is 0 Å². The molecule has 2 rings (SSSR count). The van der Waals surface area contributed by atoms with Crippen molar-refractivity contribution in [3.05, 3.63) is 0 Å². The van der Waals surface area contributed by atoms with Crippen molar-refractivity contribution in [2.75, 3.05) is 53.6 Å². The van der Waals surface area contributed by atoms with Crippen LogP contribution in [0.15, 0.2) is 0 Å². The van der Waals surface area contributed by atoms with E-state index < -0.39 is 0 Å². The van der Waals surface area contributed by atoms with E-state index in [1.807, 2.05) is 14.2 Å². The lowest BCUT2D eigenvalue weighted by molar-refractivity contribution is -0.0687. The average Bonchev–Trinajstić information content (AvgIpc) is 2.40. The first-order chi connectivity index (χ1) is 9.11.